The van der Waals surface area contributed by atoms with Gasteiger partial charge in [0.1, 0.15) is 5.75 Å². The first-order chi connectivity index (χ1) is 11.0. The number of rotatable bonds is 4. The number of methoxy groups -OCH3 is 1. The van der Waals surface area contributed by atoms with E-state index in [0.717, 1.165) is 43.7 Å². The molecule has 2 heterocycles. The minimum absolute atomic E-state index is 0.0122. The lowest BCUT2D eigenvalue weighted by Gasteiger charge is -2.46. The molecule has 0 bridgehead atoms. The van der Waals surface area contributed by atoms with Crippen molar-refractivity contribution in [3.05, 3.63) is 28.8 Å². The molecule has 1 aromatic rings. The maximum atomic E-state index is 10.6. The highest BCUT2D eigenvalue weighted by Crippen LogP contribution is 2.41. The third kappa shape index (κ3) is 3.25. The van der Waals surface area contributed by atoms with Crippen molar-refractivity contribution >= 4 is 0 Å². The summed E-state index contributed by atoms with van der Waals surface area (Å²) in [5.74, 6) is 1.77. The third-order valence-electron chi connectivity index (χ3n) is 5.43. The molecule has 0 aromatic heterocycles. The van der Waals surface area contributed by atoms with Crippen molar-refractivity contribution in [3.8, 4) is 5.75 Å². The van der Waals surface area contributed by atoms with Crippen molar-refractivity contribution < 1.29 is 14.9 Å². The Morgan fingerprint density at radius 3 is 2.78 bits per heavy atom. The first-order valence-electron chi connectivity index (χ1n) is 8.76. The fraction of sp³-hybridized carbons (Fsp3) is 0.684. The molecule has 0 aliphatic carbocycles. The number of fused-ring (bicyclic) bond motifs is 3. The van der Waals surface area contributed by atoms with Crippen molar-refractivity contribution in [2.24, 2.45) is 11.8 Å². The molecule has 2 aliphatic rings. The molecule has 3 unspecified atom stereocenters. The van der Waals surface area contributed by atoms with Gasteiger partial charge in [-0.25, -0.2) is 0 Å². The Morgan fingerprint density at radius 1 is 1.35 bits per heavy atom. The Balaban J connectivity index is 1.87. The van der Waals surface area contributed by atoms with Gasteiger partial charge in [-0.2, -0.15) is 0 Å². The zero-order chi connectivity index (χ0) is 16.6. The SMILES string of the molecule is COc1cc2c(cc1CO)C1CC(O)C(CC(C)C)CN1CC2. The van der Waals surface area contributed by atoms with E-state index in [2.05, 4.69) is 30.9 Å². The van der Waals surface area contributed by atoms with Gasteiger partial charge in [0.05, 0.1) is 19.8 Å². The second-order valence-electron chi connectivity index (χ2n) is 7.47. The largest absolute Gasteiger partial charge is 0.496 e. The minimum atomic E-state index is -0.232. The van der Waals surface area contributed by atoms with Crippen LogP contribution in [0.5, 0.6) is 5.75 Å². The molecule has 2 aliphatic heterocycles. The van der Waals surface area contributed by atoms with Crippen molar-refractivity contribution in [2.75, 3.05) is 20.2 Å². The molecule has 128 valence electrons. The lowest BCUT2D eigenvalue weighted by atomic mass is 9.79. The fourth-order valence-corrected chi connectivity index (χ4v) is 4.32. The summed E-state index contributed by atoms with van der Waals surface area (Å²) in [6, 6.07) is 4.43. The van der Waals surface area contributed by atoms with Gasteiger partial charge in [-0.3, -0.25) is 4.90 Å². The molecule has 3 atom stereocenters. The van der Waals surface area contributed by atoms with Gasteiger partial charge in [-0.05, 0) is 54.4 Å². The van der Waals surface area contributed by atoms with E-state index < -0.39 is 0 Å². The second kappa shape index (κ2) is 6.80. The molecular weight excluding hydrogens is 290 g/mol. The maximum Gasteiger partial charge on any atom is 0.124 e. The normalized spacial score (nSPS) is 27.7. The number of ether oxygens (including phenoxy) is 1. The fourth-order valence-electron chi connectivity index (χ4n) is 4.32. The average molecular weight is 319 g/mol. The van der Waals surface area contributed by atoms with Crippen LogP contribution >= 0.6 is 0 Å². The molecule has 0 amide bonds. The first kappa shape index (κ1) is 16.7. The third-order valence-corrected chi connectivity index (χ3v) is 5.43. The van der Waals surface area contributed by atoms with Crippen LogP contribution in [0.25, 0.3) is 0 Å². The zero-order valence-corrected chi connectivity index (χ0v) is 14.5. The smallest absolute Gasteiger partial charge is 0.124 e. The van der Waals surface area contributed by atoms with Crippen LogP contribution in [0.3, 0.4) is 0 Å². The molecule has 0 spiro atoms. The van der Waals surface area contributed by atoms with Crippen LogP contribution in [-0.2, 0) is 13.0 Å². The first-order valence-corrected chi connectivity index (χ1v) is 8.76. The number of aliphatic hydroxyl groups excluding tert-OH is 2. The average Bonchev–Trinajstić information content (AvgIpc) is 2.53. The predicted octanol–water partition coefficient (Wildman–Crippen LogP) is 2.51. The molecule has 23 heavy (non-hydrogen) atoms. The van der Waals surface area contributed by atoms with Gasteiger partial charge < -0.3 is 14.9 Å². The molecule has 1 saturated heterocycles. The predicted molar refractivity (Wildman–Crippen MR) is 90.5 cm³/mol. The quantitative estimate of drug-likeness (QED) is 0.895. The van der Waals surface area contributed by atoms with Crippen molar-refractivity contribution in [3.63, 3.8) is 0 Å². The van der Waals surface area contributed by atoms with Crippen LogP contribution in [0.4, 0.5) is 0 Å². The van der Waals surface area contributed by atoms with E-state index >= 15 is 0 Å². The number of hydrogen-bond donors (Lipinski definition) is 2. The van der Waals surface area contributed by atoms with E-state index in [1.807, 2.05) is 0 Å². The summed E-state index contributed by atoms with van der Waals surface area (Å²) in [4.78, 5) is 2.52. The summed E-state index contributed by atoms with van der Waals surface area (Å²) in [5.41, 5.74) is 3.41. The molecule has 3 rings (SSSR count). The van der Waals surface area contributed by atoms with Gasteiger partial charge in [0.2, 0.25) is 0 Å². The summed E-state index contributed by atoms with van der Waals surface area (Å²) < 4.78 is 5.40. The highest BCUT2D eigenvalue weighted by molar-refractivity contribution is 5.45. The Kier molecular flexibility index (Phi) is 4.95. The van der Waals surface area contributed by atoms with E-state index in [-0.39, 0.29) is 18.8 Å². The molecule has 1 aromatic carbocycles. The highest BCUT2D eigenvalue weighted by atomic mass is 16.5. The summed E-state index contributed by atoms with van der Waals surface area (Å²) in [7, 11) is 1.65. The second-order valence-corrected chi connectivity index (χ2v) is 7.47. The topological polar surface area (TPSA) is 52.9 Å². The van der Waals surface area contributed by atoms with Gasteiger partial charge >= 0.3 is 0 Å². The van der Waals surface area contributed by atoms with E-state index in [4.69, 9.17) is 4.74 Å². The van der Waals surface area contributed by atoms with Crippen LogP contribution < -0.4 is 4.74 Å². The van der Waals surface area contributed by atoms with Crippen molar-refractivity contribution in [1.29, 1.82) is 0 Å². The number of aliphatic hydroxyl groups is 2. The van der Waals surface area contributed by atoms with Crippen LogP contribution in [0.15, 0.2) is 12.1 Å². The molecule has 0 saturated carbocycles. The monoisotopic (exact) mass is 319 g/mol. The molecule has 4 nitrogen and oxygen atoms in total. The zero-order valence-electron chi connectivity index (χ0n) is 14.5. The maximum absolute atomic E-state index is 10.6. The number of nitrogens with zero attached hydrogens (tertiary/aromatic N) is 1. The van der Waals surface area contributed by atoms with Gasteiger partial charge in [-0.15, -0.1) is 0 Å². The van der Waals surface area contributed by atoms with Gasteiger partial charge in [0.15, 0.2) is 0 Å². The Hall–Kier alpha value is -1.10. The molecule has 1 fully saturated rings. The number of piperidine rings is 1. The van der Waals surface area contributed by atoms with E-state index in [9.17, 15) is 10.2 Å². The van der Waals surface area contributed by atoms with Crippen molar-refractivity contribution in [2.45, 2.75) is 51.9 Å². The Labute approximate surface area is 139 Å². The lowest BCUT2D eigenvalue weighted by Crippen LogP contribution is -2.48. The van der Waals surface area contributed by atoms with E-state index in [0.29, 0.717) is 11.8 Å². The van der Waals surface area contributed by atoms with Crippen molar-refractivity contribution in [1.82, 2.24) is 4.90 Å². The van der Waals surface area contributed by atoms with Gasteiger partial charge in [-0.1, -0.05) is 13.8 Å². The van der Waals surface area contributed by atoms with Gasteiger partial charge in [0, 0.05) is 24.7 Å². The Morgan fingerprint density at radius 2 is 2.13 bits per heavy atom. The Bertz CT molecular complexity index is 558. The van der Waals surface area contributed by atoms with Crippen LogP contribution in [-0.4, -0.2) is 41.4 Å². The van der Waals surface area contributed by atoms with E-state index in [1.54, 1.807) is 7.11 Å². The minimum Gasteiger partial charge on any atom is -0.496 e. The number of hydrogen-bond acceptors (Lipinski definition) is 4. The van der Waals surface area contributed by atoms with E-state index in [1.165, 1.54) is 11.1 Å². The standard InChI is InChI=1S/C19H29NO3/c1-12(2)6-14-10-20-5-4-13-8-19(23-3)15(11-21)7-16(13)17(20)9-18(14)22/h7-8,12,14,17-18,21-22H,4-6,9-11H2,1-3H3. The van der Waals surface area contributed by atoms with Crippen LogP contribution in [0, 0.1) is 11.8 Å². The summed E-state index contributed by atoms with van der Waals surface area (Å²) in [6.45, 7) is 6.46. The molecule has 0 radical (unpaired) electrons. The molecular formula is C19H29NO3. The summed E-state index contributed by atoms with van der Waals surface area (Å²) in [5, 5.41) is 20.2. The summed E-state index contributed by atoms with van der Waals surface area (Å²) in [6.07, 6.45) is 2.66. The highest BCUT2D eigenvalue weighted by Gasteiger charge is 2.38. The van der Waals surface area contributed by atoms with Crippen LogP contribution in [0.1, 0.15) is 49.4 Å². The number of benzene rings is 1. The summed E-state index contributed by atoms with van der Waals surface area (Å²) >= 11 is 0. The lowest BCUT2D eigenvalue weighted by molar-refractivity contribution is -0.0191. The van der Waals surface area contributed by atoms with Gasteiger partial charge in [0.25, 0.3) is 0 Å². The molecule has 4 heteroatoms. The van der Waals surface area contributed by atoms with Crippen LogP contribution in [0.2, 0.25) is 0 Å². The molecule has 2 N–H and O–H groups in total.